The molecule has 1 rings (SSSR count). The lowest BCUT2D eigenvalue weighted by Gasteiger charge is -2.12. The van der Waals surface area contributed by atoms with Crippen LogP contribution in [0.2, 0.25) is 0 Å². The number of nitro benzene ring substituents is 1. The van der Waals surface area contributed by atoms with Gasteiger partial charge in [-0.3, -0.25) is 10.1 Å². The van der Waals surface area contributed by atoms with Gasteiger partial charge in [0.25, 0.3) is 5.69 Å². The molecule has 0 heterocycles. The number of terminal acetylenes is 1. The van der Waals surface area contributed by atoms with Crippen molar-refractivity contribution in [3.05, 3.63) is 32.8 Å². The van der Waals surface area contributed by atoms with Crippen LogP contribution in [-0.2, 0) is 10.0 Å². The van der Waals surface area contributed by atoms with E-state index in [2.05, 4.69) is 26.6 Å². The van der Waals surface area contributed by atoms with Gasteiger partial charge in [0, 0.05) is 10.5 Å². The van der Waals surface area contributed by atoms with E-state index in [1.807, 2.05) is 6.92 Å². The van der Waals surface area contributed by atoms with E-state index in [0.717, 1.165) is 6.07 Å². The van der Waals surface area contributed by atoms with Gasteiger partial charge in [0.2, 0.25) is 10.0 Å². The van der Waals surface area contributed by atoms with E-state index in [0.29, 0.717) is 17.3 Å². The summed E-state index contributed by atoms with van der Waals surface area (Å²) in [6, 6.07) is 3.02. The summed E-state index contributed by atoms with van der Waals surface area (Å²) in [5.74, 6) is 2.32. The average molecular weight is 361 g/mol. The third-order valence-electron chi connectivity index (χ3n) is 2.48. The van der Waals surface area contributed by atoms with Crippen LogP contribution in [0.25, 0.3) is 0 Å². The Hall–Kier alpha value is -1.43. The molecule has 0 saturated heterocycles. The molecule has 0 radical (unpaired) electrons. The van der Waals surface area contributed by atoms with E-state index in [1.165, 1.54) is 12.1 Å². The van der Waals surface area contributed by atoms with Crippen molar-refractivity contribution in [2.45, 2.75) is 30.7 Å². The fraction of sp³-hybridized carbons (Fsp3) is 0.333. The van der Waals surface area contributed by atoms with Crippen LogP contribution in [0, 0.1) is 22.5 Å². The lowest BCUT2D eigenvalue weighted by molar-refractivity contribution is -0.387. The number of sulfonamides is 1. The molecule has 0 amide bonds. The Kier molecular flexibility index (Phi) is 5.68. The summed E-state index contributed by atoms with van der Waals surface area (Å²) in [4.78, 5) is 9.77. The van der Waals surface area contributed by atoms with Crippen molar-refractivity contribution in [3.8, 4) is 12.3 Å². The molecule has 1 aromatic rings. The van der Waals surface area contributed by atoms with Crippen molar-refractivity contribution in [3.63, 3.8) is 0 Å². The first-order valence-electron chi connectivity index (χ1n) is 5.74. The summed E-state index contributed by atoms with van der Waals surface area (Å²) < 4.78 is 27.2. The van der Waals surface area contributed by atoms with E-state index < -0.39 is 31.6 Å². The number of rotatable bonds is 6. The summed E-state index contributed by atoms with van der Waals surface area (Å²) >= 11 is 3.10. The maximum absolute atomic E-state index is 12.2. The number of halogens is 1. The molecule has 20 heavy (non-hydrogen) atoms. The molecule has 0 aromatic heterocycles. The highest BCUT2D eigenvalue weighted by Gasteiger charge is 2.27. The Morgan fingerprint density at radius 3 is 2.70 bits per heavy atom. The van der Waals surface area contributed by atoms with Crippen molar-refractivity contribution in [2.24, 2.45) is 0 Å². The van der Waals surface area contributed by atoms with Gasteiger partial charge in [-0.2, -0.15) is 4.72 Å². The van der Waals surface area contributed by atoms with E-state index in [1.54, 1.807) is 0 Å². The molecule has 8 heteroatoms. The van der Waals surface area contributed by atoms with Crippen molar-refractivity contribution in [1.82, 2.24) is 4.72 Å². The number of hydrogen-bond acceptors (Lipinski definition) is 4. The first kappa shape index (κ1) is 16.6. The molecule has 0 saturated carbocycles. The van der Waals surface area contributed by atoms with Gasteiger partial charge >= 0.3 is 0 Å². The molecule has 0 spiro atoms. The van der Waals surface area contributed by atoms with Crippen LogP contribution in [0.4, 0.5) is 5.69 Å². The number of hydrogen-bond donors (Lipinski definition) is 1. The molecule has 0 aliphatic carbocycles. The number of nitro groups is 1. The van der Waals surface area contributed by atoms with Crippen LogP contribution in [-0.4, -0.2) is 19.4 Å². The topological polar surface area (TPSA) is 89.3 Å². The second-order valence-electron chi connectivity index (χ2n) is 4.00. The SMILES string of the molecule is C#CC(CCC)NS(=O)(=O)c1cc(Br)ccc1[N+](=O)[O-]. The van der Waals surface area contributed by atoms with Crippen molar-refractivity contribution >= 4 is 31.6 Å². The highest BCUT2D eigenvalue weighted by Crippen LogP contribution is 2.27. The number of nitrogens with one attached hydrogen (secondary N) is 1. The van der Waals surface area contributed by atoms with Gasteiger partial charge in [0.15, 0.2) is 4.90 Å². The first-order chi connectivity index (χ1) is 9.31. The molecular formula is C12H13BrN2O4S. The molecule has 1 N–H and O–H groups in total. The van der Waals surface area contributed by atoms with Gasteiger partial charge in [-0.1, -0.05) is 35.2 Å². The Labute approximate surface area is 125 Å². The Balaban J connectivity index is 3.25. The second kappa shape index (κ2) is 6.83. The van der Waals surface area contributed by atoms with Crippen molar-refractivity contribution < 1.29 is 13.3 Å². The van der Waals surface area contributed by atoms with Crippen LogP contribution >= 0.6 is 15.9 Å². The van der Waals surface area contributed by atoms with Gasteiger partial charge in [-0.05, 0) is 18.6 Å². The van der Waals surface area contributed by atoms with Crippen LogP contribution in [0.5, 0.6) is 0 Å². The summed E-state index contributed by atoms with van der Waals surface area (Å²) in [7, 11) is -4.06. The minimum Gasteiger partial charge on any atom is -0.258 e. The predicted octanol–water partition coefficient (Wildman–Crippen LogP) is 2.44. The maximum Gasteiger partial charge on any atom is 0.289 e. The lowest BCUT2D eigenvalue weighted by atomic mass is 10.2. The van der Waals surface area contributed by atoms with Crippen LogP contribution in [0.3, 0.4) is 0 Å². The molecule has 6 nitrogen and oxygen atoms in total. The second-order valence-corrected chi connectivity index (χ2v) is 6.60. The summed E-state index contributed by atoms with van der Waals surface area (Å²) in [6.07, 6.45) is 6.40. The van der Waals surface area contributed by atoms with Gasteiger partial charge in [-0.25, -0.2) is 8.42 Å². The molecule has 0 aliphatic rings. The standard InChI is InChI=1S/C12H13BrN2O4S/c1-3-5-10(4-2)14-20(18,19)12-8-9(13)6-7-11(12)15(16)17/h2,6-8,10,14H,3,5H2,1H3. The molecule has 0 fully saturated rings. The van der Waals surface area contributed by atoms with Gasteiger partial charge in [0.05, 0.1) is 11.0 Å². The number of benzene rings is 1. The largest absolute Gasteiger partial charge is 0.289 e. The molecule has 1 unspecified atom stereocenters. The fourth-order valence-electron chi connectivity index (χ4n) is 1.57. The highest BCUT2D eigenvalue weighted by atomic mass is 79.9. The average Bonchev–Trinajstić information content (AvgIpc) is 2.37. The van der Waals surface area contributed by atoms with E-state index in [4.69, 9.17) is 6.42 Å². The fourth-order valence-corrected chi connectivity index (χ4v) is 3.47. The van der Waals surface area contributed by atoms with E-state index >= 15 is 0 Å². The van der Waals surface area contributed by atoms with E-state index in [9.17, 15) is 18.5 Å². The molecule has 108 valence electrons. The Morgan fingerprint density at radius 1 is 1.55 bits per heavy atom. The minimum atomic E-state index is -4.06. The summed E-state index contributed by atoms with van der Waals surface area (Å²) in [5, 5.41) is 10.9. The minimum absolute atomic E-state index is 0.409. The van der Waals surface area contributed by atoms with Gasteiger partial charge < -0.3 is 0 Å². The Morgan fingerprint density at radius 2 is 2.20 bits per heavy atom. The first-order valence-corrected chi connectivity index (χ1v) is 8.01. The Bertz CT molecular complexity index is 652. The van der Waals surface area contributed by atoms with Crippen molar-refractivity contribution in [2.75, 3.05) is 0 Å². The van der Waals surface area contributed by atoms with E-state index in [-0.39, 0.29) is 0 Å². The highest BCUT2D eigenvalue weighted by molar-refractivity contribution is 9.10. The third kappa shape index (κ3) is 4.03. The molecular weight excluding hydrogens is 348 g/mol. The number of nitrogens with zero attached hydrogens (tertiary/aromatic N) is 1. The molecule has 1 aromatic carbocycles. The molecule has 0 aliphatic heterocycles. The maximum atomic E-state index is 12.2. The zero-order chi connectivity index (χ0) is 15.3. The normalized spacial score (nSPS) is 12.7. The predicted molar refractivity (Wildman–Crippen MR) is 78.6 cm³/mol. The monoisotopic (exact) mass is 360 g/mol. The molecule has 1 atom stereocenters. The van der Waals surface area contributed by atoms with Gasteiger partial charge in [0.1, 0.15) is 0 Å². The van der Waals surface area contributed by atoms with Gasteiger partial charge in [-0.15, -0.1) is 6.42 Å². The quantitative estimate of drug-likeness (QED) is 0.479. The molecule has 0 bridgehead atoms. The zero-order valence-corrected chi connectivity index (χ0v) is 13.1. The van der Waals surface area contributed by atoms with Crippen molar-refractivity contribution in [1.29, 1.82) is 0 Å². The summed E-state index contributed by atoms with van der Waals surface area (Å²) in [5.41, 5.74) is -0.493. The smallest absolute Gasteiger partial charge is 0.258 e. The zero-order valence-electron chi connectivity index (χ0n) is 10.7. The lowest BCUT2D eigenvalue weighted by Crippen LogP contribution is -2.34. The van der Waals surface area contributed by atoms with Crippen LogP contribution in [0.1, 0.15) is 19.8 Å². The summed E-state index contributed by atoms with van der Waals surface area (Å²) in [6.45, 7) is 1.86. The van der Waals surface area contributed by atoms with Crippen LogP contribution in [0.15, 0.2) is 27.6 Å². The third-order valence-corrected chi connectivity index (χ3v) is 4.48. The van der Waals surface area contributed by atoms with Crippen LogP contribution < -0.4 is 4.72 Å².